The van der Waals surface area contributed by atoms with E-state index in [0.717, 1.165) is 16.8 Å². The van der Waals surface area contributed by atoms with E-state index < -0.39 is 0 Å². The summed E-state index contributed by atoms with van der Waals surface area (Å²) in [4.78, 5) is 0. The zero-order valence-corrected chi connectivity index (χ0v) is 10.1. The van der Waals surface area contributed by atoms with Crippen LogP contribution in [-0.2, 0) is 0 Å². The molecular weight excluding hydrogens is 246 g/mol. The Balaban J connectivity index is 2.13. The van der Waals surface area contributed by atoms with Gasteiger partial charge in [-0.15, -0.1) is 0 Å². The van der Waals surface area contributed by atoms with Crippen LogP contribution in [0.5, 0.6) is 0 Å². The maximum absolute atomic E-state index is 8.86. The molecule has 0 radical (unpaired) electrons. The van der Waals surface area contributed by atoms with Crippen molar-refractivity contribution in [1.82, 2.24) is 9.61 Å². The second-order valence-corrected chi connectivity index (χ2v) is 4.37. The summed E-state index contributed by atoms with van der Waals surface area (Å²) in [6.07, 6.45) is 1.79. The van der Waals surface area contributed by atoms with E-state index in [9.17, 15) is 0 Å². The molecule has 0 aliphatic rings. The first-order valence-electron chi connectivity index (χ1n) is 5.42. The number of fused-ring (bicyclic) bond motifs is 1. The summed E-state index contributed by atoms with van der Waals surface area (Å²) in [5.41, 5.74) is 3.40. The van der Waals surface area contributed by atoms with Gasteiger partial charge >= 0.3 is 0 Å². The minimum Gasteiger partial charge on any atom is -0.240 e. The molecule has 2 aromatic heterocycles. The van der Waals surface area contributed by atoms with E-state index in [1.165, 1.54) is 0 Å². The summed E-state index contributed by atoms with van der Waals surface area (Å²) in [5.74, 6) is 0. The third-order valence-corrected chi connectivity index (χ3v) is 2.98. The first-order chi connectivity index (χ1) is 8.76. The van der Waals surface area contributed by atoms with Crippen LogP contribution >= 0.6 is 11.6 Å². The Morgan fingerprint density at radius 1 is 1.11 bits per heavy atom. The van der Waals surface area contributed by atoms with Crippen molar-refractivity contribution in [3.05, 3.63) is 59.2 Å². The standard InChI is InChI=1S/C14H8ClN3/c15-12-3-1-11(2-4-12)14-8-13-7-10(9-16)5-6-18(13)17-14/h1-8H. The molecule has 18 heavy (non-hydrogen) atoms. The molecule has 3 aromatic rings. The molecule has 0 saturated carbocycles. The van der Waals surface area contributed by atoms with Crippen LogP contribution in [0.25, 0.3) is 16.8 Å². The predicted octanol–water partition coefficient (Wildman–Crippen LogP) is 3.53. The minimum atomic E-state index is 0.630. The first-order valence-corrected chi connectivity index (χ1v) is 5.79. The molecule has 4 heteroatoms. The molecule has 3 nitrogen and oxygen atoms in total. The third kappa shape index (κ3) is 1.83. The highest BCUT2D eigenvalue weighted by Gasteiger charge is 2.04. The topological polar surface area (TPSA) is 41.1 Å². The molecule has 86 valence electrons. The van der Waals surface area contributed by atoms with Crippen molar-refractivity contribution in [1.29, 1.82) is 5.26 Å². The predicted molar refractivity (Wildman–Crippen MR) is 70.4 cm³/mol. The van der Waals surface area contributed by atoms with E-state index in [1.807, 2.05) is 36.4 Å². The van der Waals surface area contributed by atoms with Gasteiger partial charge in [0.2, 0.25) is 0 Å². The molecule has 0 aliphatic heterocycles. The van der Waals surface area contributed by atoms with Crippen molar-refractivity contribution in [2.45, 2.75) is 0 Å². The third-order valence-electron chi connectivity index (χ3n) is 2.73. The Morgan fingerprint density at radius 3 is 2.61 bits per heavy atom. The highest BCUT2D eigenvalue weighted by atomic mass is 35.5. The molecule has 0 unspecified atom stereocenters. The van der Waals surface area contributed by atoms with Gasteiger partial charge in [-0.25, -0.2) is 4.52 Å². The Kier molecular flexibility index (Phi) is 2.51. The van der Waals surface area contributed by atoms with Gasteiger partial charge in [-0.1, -0.05) is 23.7 Å². The van der Waals surface area contributed by atoms with Crippen molar-refractivity contribution in [2.24, 2.45) is 0 Å². The molecule has 3 rings (SSSR count). The lowest BCUT2D eigenvalue weighted by molar-refractivity contribution is 0.964. The lowest BCUT2D eigenvalue weighted by atomic mass is 10.1. The van der Waals surface area contributed by atoms with Gasteiger partial charge in [0.05, 0.1) is 22.8 Å². The Labute approximate surface area is 109 Å². The fourth-order valence-electron chi connectivity index (χ4n) is 1.83. The number of nitriles is 1. The number of nitrogens with zero attached hydrogens (tertiary/aromatic N) is 3. The largest absolute Gasteiger partial charge is 0.240 e. The van der Waals surface area contributed by atoms with Crippen LogP contribution in [0, 0.1) is 11.3 Å². The maximum atomic E-state index is 8.86. The maximum Gasteiger partial charge on any atom is 0.0992 e. The van der Waals surface area contributed by atoms with Crippen LogP contribution in [0.4, 0.5) is 0 Å². The molecular formula is C14H8ClN3. The lowest BCUT2D eigenvalue weighted by Crippen LogP contribution is -1.87. The summed E-state index contributed by atoms with van der Waals surface area (Å²) >= 11 is 5.86. The van der Waals surface area contributed by atoms with Gasteiger partial charge in [-0.3, -0.25) is 0 Å². The molecule has 0 amide bonds. The van der Waals surface area contributed by atoms with Gasteiger partial charge in [0, 0.05) is 16.8 Å². The number of hydrogen-bond acceptors (Lipinski definition) is 2. The summed E-state index contributed by atoms with van der Waals surface area (Å²) in [7, 11) is 0. The number of aromatic nitrogens is 2. The quantitative estimate of drug-likeness (QED) is 0.666. The van der Waals surface area contributed by atoms with E-state index in [0.29, 0.717) is 10.6 Å². The van der Waals surface area contributed by atoms with Crippen molar-refractivity contribution >= 4 is 17.1 Å². The lowest BCUT2D eigenvalue weighted by Gasteiger charge is -1.95. The van der Waals surface area contributed by atoms with E-state index in [-0.39, 0.29) is 0 Å². The molecule has 2 heterocycles. The smallest absolute Gasteiger partial charge is 0.0992 e. The summed E-state index contributed by atoms with van der Waals surface area (Å²) in [6.45, 7) is 0. The van der Waals surface area contributed by atoms with Crippen LogP contribution in [0.3, 0.4) is 0 Å². The zero-order chi connectivity index (χ0) is 12.5. The molecule has 1 aromatic carbocycles. The van der Waals surface area contributed by atoms with Crippen molar-refractivity contribution in [3.8, 4) is 17.3 Å². The Morgan fingerprint density at radius 2 is 1.89 bits per heavy atom. The second kappa shape index (κ2) is 4.17. The minimum absolute atomic E-state index is 0.630. The SMILES string of the molecule is N#Cc1ccn2nc(-c3ccc(Cl)cc3)cc2c1. The fraction of sp³-hybridized carbons (Fsp3) is 0. The molecule has 0 spiro atoms. The van der Waals surface area contributed by atoms with E-state index in [4.69, 9.17) is 16.9 Å². The van der Waals surface area contributed by atoms with E-state index in [1.54, 1.807) is 16.8 Å². The summed E-state index contributed by atoms with van der Waals surface area (Å²) in [6, 6.07) is 15.1. The average molecular weight is 254 g/mol. The fourth-order valence-corrected chi connectivity index (χ4v) is 1.95. The van der Waals surface area contributed by atoms with Crippen molar-refractivity contribution in [2.75, 3.05) is 0 Å². The van der Waals surface area contributed by atoms with Gasteiger partial charge in [0.25, 0.3) is 0 Å². The average Bonchev–Trinajstić information content (AvgIpc) is 2.82. The number of rotatable bonds is 1. The first kappa shape index (κ1) is 10.8. The highest BCUT2D eigenvalue weighted by molar-refractivity contribution is 6.30. The Bertz CT molecular complexity index is 751. The summed E-state index contributed by atoms with van der Waals surface area (Å²) in [5, 5.41) is 14.0. The molecule has 0 bridgehead atoms. The van der Waals surface area contributed by atoms with E-state index in [2.05, 4.69) is 11.2 Å². The second-order valence-electron chi connectivity index (χ2n) is 3.93. The molecule has 0 saturated heterocycles. The summed E-state index contributed by atoms with van der Waals surface area (Å²) < 4.78 is 1.75. The number of benzene rings is 1. The van der Waals surface area contributed by atoms with Crippen LogP contribution in [0.2, 0.25) is 5.02 Å². The van der Waals surface area contributed by atoms with Crippen LogP contribution in [-0.4, -0.2) is 9.61 Å². The number of hydrogen-bond donors (Lipinski definition) is 0. The normalized spacial score (nSPS) is 10.4. The molecule has 0 atom stereocenters. The zero-order valence-electron chi connectivity index (χ0n) is 9.34. The van der Waals surface area contributed by atoms with Crippen LogP contribution < -0.4 is 0 Å². The van der Waals surface area contributed by atoms with Crippen molar-refractivity contribution < 1.29 is 0 Å². The van der Waals surface area contributed by atoms with Gasteiger partial charge < -0.3 is 0 Å². The van der Waals surface area contributed by atoms with E-state index >= 15 is 0 Å². The van der Waals surface area contributed by atoms with Crippen LogP contribution in [0.1, 0.15) is 5.56 Å². The van der Waals surface area contributed by atoms with Crippen LogP contribution in [0.15, 0.2) is 48.7 Å². The number of halogens is 1. The van der Waals surface area contributed by atoms with Crippen molar-refractivity contribution in [3.63, 3.8) is 0 Å². The molecule has 0 aliphatic carbocycles. The van der Waals surface area contributed by atoms with Gasteiger partial charge in [-0.05, 0) is 30.3 Å². The van der Waals surface area contributed by atoms with Gasteiger partial charge in [-0.2, -0.15) is 10.4 Å². The monoisotopic (exact) mass is 253 g/mol. The molecule has 0 fully saturated rings. The molecule has 0 N–H and O–H groups in total. The highest BCUT2D eigenvalue weighted by Crippen LogP contribution is 2.22. The Hall–Kier alpha value is -2.31. The van der Waals surface area contributed by atoms with Gasteiger partial charge in [0.15, 0.2) is 0 Å². The van der Waals surface area contributed by atoms with Gasteiger partial charge in [0.1, 0.15) is 0 Å². The number of pyridine rings is 1.